The number of fused-ring (bicyclic) bond motifs is 1. The van der Waals surface area contributed by atoms with Crippen molar-refractivity contribution < 1.29 is 0 Å². The predicted octanol–water partition coefficient (Wildman–Crippen LogP) is -1.37. The van der Waals surface area contributed by atoms with Gasteiger partial charge < -0.3 is 0 Å². The summed E-state index contributed by atoms with van der Waals surface area (Å²) < 4.78 is 0. The van der Waals surface area contributed by atoms with E-state index >= 15 is 0 Å². The Morgan fingerprint density at radius 3 is 2.71 bits per heavy atom. The van der Waals surface area contributed by atoms with Crippen molar-refractivity contribution in [1.29, 1.82) is 0 Å². The van der Waals surface area contributed by atoms with Crippen molar-refractivity contribution in [3.05, 3.63) is 0 Å². The summed E-state index contributed by atoms with van der Waals surface area (Å²) in [6.45, 7) is 1.97. The fraction of sp³-hybridized carbons (Fsp3) is 1.00. The van der Waals surface area contributed by atoms with Gasteiger partial charge in [0.2, 0.25) is 0 Å². The maximum absolute atomic E-state index is 8.89. The first-order valence-corrected chi connectivity index (χ1v) is 2.53. The van der Waals surface area contributed by atoms with Crippen LogP contribution in [0.15, 0.2) is 0 Å². The first-order valence-electron chi connectivity index (χ1n) is 2.53. The Morgan fingerprint density at radius 1 is 1.71 bits per heavy atom. The van der Waals surface area contributed by atoms with E-state index in [1.807, 2.05) is 0 Å². The summed E-state index contributed by atoms with van der Waals surface area (Å²) in [6, 6.07) is 0.458. The molecule has 0 aromatic rings. The molecule has 0 spiro atoms. The minimum atomic E-state index is -0.236. The Kier molecular flexibility index (Phi) is 0.543. The van der Waals surface area contributed by atoms with Gasteiger partial charge in [0.15, 0.2) is 0 Å². The summed E-state index contributed by atoms with van der Waals surface area (Å²) in [5, 5.41) is 2.90. The molecule has 2 fully saturated rings. The van der Waals surface area contributed by atoms with Crippen LogP contribution in [0.1, 0.15) is 0 Å². The molecule has 0 amide bonds. The summed E-state index contributed by atoms with van der Waals surface area (Å²) in [5.41, 5.74) is 8.89. The fourth-order valence-corrected chi connectivity index (χ4v) is 1.02. The summed E-state index contributed by atoms with van der Waals surface area (Å²) in [7, 11) is 0. The summed E-state index contributed by atoms with van der Waals surface area (Å²) >= 11 is 0. The Hall–Kier alpha value is -0.120. The van der Waals surface area contributed by atoms with E-state index in [0.29, 0.717) is 6.04 Å². The molecule has 3 heteroatoms. The predicted molar refractivity (Wildman–Crippen MR) is 24.4 cm³/mol. The molecule has 38 valence electrons. The highest BCUT2D eigenvalue weighted by Crippen LogP contribution is 2.22. The second-order valence-electron chi connectivity index (χ2n) is 2.15. The Bertz CT molecular complexity index is 92.9. The molecule has 0 aromatic heterocycles. The van der Waals surface area contributed by atoms with Gasteiger partial charge in [-0.3, -0.25) is 10.2 Å². The van der Waals surface area contributed by atoms with Crippen LogP contribution in [0.4, 0.5) is 0 Å². The lowest BCUT2D eigenvalue weighted by molar-refractivity contribution is 0.547. The van der Waals surface area contributed by atoms with E-state index in [1.165, 1.54) is 0 Å². The van der Waals surface area contributed by atoms with Crippen molar-refractivity contribution in [3.63, 3.8) is 0 Å². The van der Waals surface area contributed by atoms with E-state index in [4.69, 9.17) is 5.73 Å². The van der Waals surface area contributed by atoms with Crippen molar-refractivity contribution in [2.75, 3.05) is 13.2 Å². The minimum Gasteiger partial charge on any atom is -0.285 e. The van der Waals surface area contributed by atoms with Gasteiger partial charge in [0.1, 0.15) is 6.17 Å². The molecule has 0 bridgehead atoms. The Morgan fingerprint density at radius 2 is 2.57 bits per heavy atom. The minimum absolute atomic E-state index is 0.236. The SMILES string of the molecule is [N]C1NCN2CC12. The maximum Gasteiger partial charge on any atom is 0.111 e. The zero-order valence-corrected chi connectivity index (χ0v) is 3.96. The van der Waals surface area contributed by atoms with Gasteiger partial charge in [0.05, 0.1) is 6.04 Å². The topological polar surface area (TPSA) is 37.3 Å². The highest BCUT2D eigenvalue weighted by Gasteiger charge is 2.44. The molecular formula is C4H7N3. The first kappa shape index (κ1) is 3.83. The van der Waals surface area contributed by atoms with Crippen LogP contribution in [0.3, 0.4) is 0 Å². The largest absolute Gasteiger partial charge is 0.285 e. The van der Waals surface area contributed by atoms with Crippen molar-refractivity contribution in [2.45, 2.75) is 12.2 Å². The summed E-state index contributed by atoms with van der Waals surface area (Å²) in [4.78, 5) is 2.19. The van der Waals surface area contributed by atoms with Gasteiger partial charge >= 0.3 is 0 Å². The molecule has 2 rings (SSSR count). The van der Waals surface area contributed by atoms with Gasteiger partial charge in [-0.25, -0.2) is 0 Å². The molecule has 3 nitrogen and oxygen atoms in total. The van der Waals surface area contributed by atoms with Gasteiger partial charge in [0, 0.05) is 13.2 Å². The average Bonchev–Trinajstić information content (AvgIpc) is 2.33. The number of hydrogen-bond donors (Lipinski definition) is 1. The molecule has 0 aliphatic carbocycles. The van der Waals surface area contributed by atoms with Gasteiger partial charge in [-0.15, -0.1) is 5.73 Å². The maximum atomic E-state index is 8.89. The zero-order valence-electron chi connectivity index (χ0n) is 3.96. The first-order chi connectivity index (χ1) is 3.38. The van der Waals surface area contributed by atoms with Gasteiger partial charge in [0.25, 0.3) is 0 Å². The standard InChI is InChI=1S/C4H7N3/c5-4-3-1-7(3)2-6-4/h3-4,6H,1-2H2. The van der Waals surface area contributed by atoms with Crippen LogP contribution in [0.25, 0.3) is 0 Å². The molecule has 0 aromatic carbocycles. The smallest absolute Gasteiger partial charge is 0.111 e. The van der Waals surface area contributed by atoms with E-state index < -0.39 is 0 Å². The van der Waals surface area contributed by atoms with Crippen LogP contribution in [0.5, 0.6) is 0 Å². The molecule has 0 saturated carbocycles. The summed E-state index contributed by atoms with van der Waals surface area (Å²) in [5.74, 6) is 0. The number of hydrogen-bond acceptors (Lipinski definition) is 2. The molecule has 2 aliphatic heterocycles. The second kappa shape index (κ2) is 0.992. The summed E-state index contributed by atoms with van der Waals surface area (Å²) in [6.07, 6.45) is -0.236. The lowest BCUT2D eigenvalue weighted by atomic mass is 10.4. The van der Waals surface area contributed by atoms with Crippen LogP contribution in [0.2, 0.25) is 0 Å². The zero-order chi connectivity index (χ0) is 4.85. The van der Waals surface area contributed by atoms with Crippen molar-refractivity contribution in [3.8, 4) is 0 Å². The van der Waals surface area contributed by atoms with Gasteiger partial charge in [-0.2, -0.15) is 0 Å². The molecule has 1 N–H and O–H groups in total. The number of rotatable bonds is 0. The van der Waals surface area contributed by atoms with Crippen LogP contribution >= 0.6 is 0 Å². The third-order valence-electron chi connectivity index (χ3n) is 1.62. The van der Waals surface area contributed by atoms with E-state index in [0.717, 1.165) is 13.2 Å². The lowest BCUT2D eigenvalue weighted by Gasteiger charge is -1.96. The second-order valence-corrected chi connectivity index (χ2v) is 2.15. The van der Waals surface area contributed by atoms with Gasteiger partial charge in [-0.05, 0) is 0 Å². The molecule has 7 heavy (non-hydrogen) atoms. The highest BCUT2D eigenvalue weighted by atomic mass is 15.5. The van der Waals surface area contributed by atoms with Crippen LogP contribution in [0, 0.1) is 0 Å². The third kappa shape index (κ3) is 0.400. The van der Waals surface area contributed by atoms with E-state index in [9.17, 15) is 0 Å². The highest BCUT2D eigenvalue weighted by molar-refractivity contribution is 5.00. The van der Waals surface area contributed by atoms with Crippen LogP contribution in [-0.4, -0.2) is 30.3 Å². The normalized spacial score (nSPS) is 57.0. The molecule has 3 unspecified atom stereocenters. The fourth-order valence-electron chi connectivity index (χ4n) is 1.02. The molecule has 3 atom stereocenters. The van der Waals surface area contributed by atoms with Crippen molar-refractivity contribution in [2.24, 2.45) is 0 Å². The Labute approximate surface area is 42.5 Å². The molecule has 2 aliphatic rings. The number of nitrogens with one attached hydrogen (secondary N) is 1. The van der Waals surface area contributed by atoms with Crippen molar-refractivity contribution >= 4 is 0 Å². The number of nitrogens with zero attached hydrogens (tertiary/aromatic N) is 2. The van der Waals surface area contributed by atoms with Crippen LogP contribution < -0.4 is 11.1 Å². The quantitative estimate of drug-likeness (QED) is 0.378. The monoisotopic (exact) mass is 97.1 g/mol. The molecule has 2 radical (unpaired) electrons. The third-order valence-corrected chi connectivity index (χ3v) is 1.62. The van der Waals surface area contributed by atoms with E-state index in [2.05, 4.69) is 10.2 Å². The molecule has 2 saturated heterocycles. The lowest BCUT2D eigenvalue weighted by Crippen LogP contribution is -2.30. The van der Waals surface area contributed by atoms with Gasteiger partial charge in [-0.1, -0.05) is 0 Å². The molecular weight excluding hydrogens is 90.1 g/mol. The average molecular weight is 97.1 g/mol. The van der Waals surface area contributed by atoms with Crippen molar-refractivity contribution in [1.82, 2.24) is 16.0 Å². The van der Waals surface area contributed by atoms with Crippen LogP contribution in [-0.2, 0) is 0 Å². The van der Waals surface area contributed by atoms with E-state index in [1.54, 1.807) is 0 Å². The van der Waals surface area contributed by atoms with E-state index in [-0.39, 0.29) is 6.17 Å². The molecule has 2 heterocycles. The Balaban J connectivity index is 2.08.